The van der Waals surface area contributed by atoms with Crippen molar-refractivity contribution in [2.75, 3.05) is 13.1 Å². The van der Waals surface area contributed by atoms with Crippen molar-refractivity contribution < 1.29 is 4.79 Å². The van der Waals surface area contributed by atoms with Gasteiger partial charge in [-0.15, -0.1) is 0 Å². The van der Waals surface area contributed by atoms with Crippen molar-refractivity contribution in [3.05, 3.63) is 30.1 Å². The van der Waals surface area contributed by atoms with E-state index in [1.54, 1.807) is 24.5 Å². The van der Waals surface area contributed by atoms with E-state index in [0.717, 1.165) is 6.54 Å². The van der Waals surface area contributed by atoms with E-state index in [1.165, 1.54) is 12.8 Å². The summed E-state index contributed by atoms with van der Waals surface area (Å²) in [6.45, 7) is 6.21. The van der Waals surface area contributed by atoms with Crippen molar-refractivity contribution >= 4 is 5.91 Å². The molecule has 0 bridgehead atoms. The fourth-order valence-electron chi connectivity index (χ4n) is 2.41. The Morgan fingerprint density at radius 2 is 2.44 bits per heavy atom. The molecule has 1 unspecified atom stereocenters. The first-order valence-corrected chi connectivity index (χ1v) is 6.51. The summed E-state index contributed by atoms with van der Waals surface area (Å²) >= 11 is 0. The van der Waals surface area contributed by atoms with E-state index in [-0.39, 0.29) is 11.3 Å². The predicted octanol–water partition coefficient (Wildman–Crippen LogP) is 1.59. The molecule has 1 fully saturated rings. The highest BCUT2D eigenvalue weighted by Crippen LogP contribution is 2.29. The highest BCUT2D eigenvalue weighted by atomic mass is 16.1. The number of rotatable bonds is 3. The number of carbonyl (C=O) groups excluding carboxylic acids is 1. The number of aromatic nitrogens is 1. The molecule has 0 aliphatic carbocycles. The topological polar surface area (TPSA) is 54.0 Å². The first-order valence-electron chi connectivity index (χ1n) is 6.51. The minimum atomic E-state index is -0.0497. The lowest BCUT2D eigenvalue weighted by Gasteiger charge is -2.39. The van der Waals surface area contributed by atoms with Crippen LogP contribution in [0.3, 0.4) is 0 Å². The fraction of sp³-hybridized carbons (Fsp3) is 0.571. The molecule has 0 spiro atoms. The first kappa shape index (κ1) is 13.0. The Kier molecular flexibility index (Phi) is 3.97. The maximum atomic E-state index is 11.9. The maximum Gasteiger partial charge on any atom is 0.252 e. The minimum Gasteiger partial charge on any atom is -0.350 e. The Morgan fingerprint density at radius 3 is 3.11 bits per heavy atom. The van der Waals surface area contributed by atoms with E-state index >= 15 is 0 Å². The lowest BCUT2D eigenvalue weighted by Crippen LogP contribution is -2.52. The van der Waals surface area contributed by atoms with Gasteiger partial charge < -0.3 is 10.6 Å². The molecule has 2 N–H and O–H groups in total. The summed E-state index contributed by atoms with van der Waals surface area (Å²) in [5, 5.41) is 6.47. The van der Waals surface area contributed by atoms with Crippen molar-refractivity contribution in [3.8, 4) is 0 Å². The normalized spacial score (nSPS) is 22.4. The van der Waals surface area contributed by atoms with Gasteiger partial charge in [0.15, 0.2) is 0 Å². The number of pyridine rings is 1. The number of nitrogens with one attached hydrogen (secondary N) is 2. The Balaban J connectivity index is 1.90. The quantitative estimate of drug-likeness (QED) is 0.853. The van der Waals surface area contributed by atoms with E-state index in [0.29, 0.717) is 18.2 Å². The molecular formula is C14H21N3O. The number of carbonyl (C=O) groups is 1. The van der Waals surface area contributed by atoms with Gasteiger partial charge in [-0.25, -0.2) is 0 Å². The second kappa shape index (κ2) is 5.48. The van der Waals surface area contributed by atoms with Gasteiger partial charge in [0, 0.05) is 25.0 Å². The highest BCUT2D eigenvalue weighted by Gasteiger charge is 2.31. The van der Waals surface area contributed by atoms with Gasteiger partial charge in [0.2, 0.25) is 0 Å². The van der Waals surface area contributed by atoms with Crippen LogP contribution in [0.25, 0.3) is 0 Å². The molecule has 1 atom stereocenters. The molecule has 4 heteroatoms. The molecule has 4 nitrogen and oxygen atoms in total. The molecule has 0 saturated carbocycles. The Hall–Kier alpha value is -1.42. The van der Waals surface area contributed by atoms with Crippen LogP contribution in [0, 0.1) is 5.41 Å². The molecule has 0 radical (unpaired) electrons. The molecule has 98 valence electrons. The zero-order chi connectivity index (χ0) is 13.0. The monoisotopic (exact) mass is 247 g/mol. The van der Waals surface area contributed by atoms with E-state index in [9.17, 15) is 4.79 Å². The molecule has 2 heterocycles. The molecule has 1 aromatic heterocycles. The van der Waals surface area contributed by atoms with Crippen LogP contribution >= 0.6 is 0 Å². The summed E-state index contributed by atoms with van der Waals surface area (Å²) < 4.78 is 0. The number of amides is 1. The average molecular weight is 247 g/mol. The summed E-state index contributed by atoms with van der Waals surface area (Å²) in [7, 11) is 0. The van der Waals surface area contributed by atoms with Gasteiger partial charge in [0.25, 0.3) is 5.91 Å². The van der Waals surface area contributed by atoms with Gasteiger partial charge in [-0.3, -0.25) is 9.78 Å². The third kappa shape index (κ3) is 3.07. The van der Waals surface area contributed by atoms with Gasteiger partial charge >= 0.3 is 0 Å². The van der Waals surface area contributed by atoms with E-state index in [2.05, 4.69) is 29.5 Å². The summed E-state index contributed by atoms with van der Waals surface area (Å²) in [5.74, 6) is -0.0497. The molecule has 18 heavy (non-hydrogen) atoms. The minimum absolute atomic E-state index is 0.0497. The summed E-state index contributed by atoms with van der Waals surface area (Å²) in [6, 6.07) is 3.89. The number of nitrogens with zero attached hydrogens (tertiary/aromatic N) is 1. The zero-order valence-electron chi connectivity index (χ0n) is 11.1. The summed E-state index contributed by atoms with van der Waals surface area (Å²) in [5.41, 5.74) is 0.853. The molecular weight excluding hydrogens is 226 g/mol. The van der Waals surface area contributed by atoms with Gasteiger partial charge in [0.05, 0.1) is 5.56 Å². The average Bonchev–Trinajstić information content (AvgIpc) is 2.38. The number of piperidine rings is 1. The Labute approximate surface area is 108 Å². The largest absolute Gasteiger partial charge is 0.350 e. The zero-order valence-corrected chi connectivity index (χ0v) is 11.1. The lowest BCUT2D eigenvalue weighted by molar-refractivity contribution is 0.0928. The molecule has 1 aliphatic rings. The molecule has 1 aliphatic heterocycles. The van der Waals surface area contributed by atoms with Gasteiger partial charge in [-0.1, -0.05) is 13.8 Å². The van der Waals surface area contributed by atoms with Crippen LogP contribution in [0.5, 0.6) is 0 Å². The molecule has 1 amide bonds. The van der Waals surface area contributed by atoms with Crippen molar-refractivity contribution in [1.29, 1.82) is 0 Å². The number of hydrogen-bond donors (Lipinski definition) is 2. The van der Waals surface area contributed by atoms with Crippen LogP contribution in [0.15, 0.2) is 24.5 Å². The van der Waals surface area contributed by atoms with Crippen LogP contribution in [0.2, 0.25) is 0 Å². The van der Waals surface area contributed by atoms with Crippen molar-refractivity contribution in [3.63, 3.8) is 0 Å². The van der Waals surface area contributed by atoms with E-state index < -0.39 is 0 Å². The van der Waals surface area contributed by atoms with Crippen LogP contribution in [-0.2, 0) is 0 Å². The van der Waals surface area contributed by atoms with Gasteiger partial charge in [-0.05, 0) is 36.9 Å². The third-order valence-corrected chi connectivity index (χ3v) is 3.72. The van der Waals surface area contributed by atoms with Crippen molar-refractivity contribution in [2.45, 2.75) is 32.7 Å². The second-order valence-corrected chi connectivity index (χ2v) is 5.55. The van der Waals surface area contributed by atoms with E-state index in [4.69, 9.17) is 0 Å². The van der Waals surface area contributed by atoms with Crippen LogP contribution in [0.1, 0.15) is 37.0 Å². The van der Waals surface area contributed by atoms with Crippen molar-refractivity contribution in [2.24, 2.45) is 5.41 Å². The second-order valence-electron chi connectivity index (χ2n) is 5.55. The Bertz CT molecular complexity index is 403. The predicted molar refractivity (Wildman–Crippen MR) is 71.4 cm³/mol. The van der Waals surface area contributed by atoms with E-state index in [1.807, 2.05) is 0 Å². The molecule has 0 aromatic carbocycles. The Morgan fingerprint density at radius 1 is 1.61 bits per heavy atom. The highest BCUT2D eigenvalue weighted by molar-refractivity contribution is 5.93. The smallest absolute Gasteiger partial charge is 0.252 e. The molecule has 2 rings (SSSR count). The summed E-state index contributed by atoms with van der Waals surface area (Å²) in [6.07, 6.45) is 5.67. The maximum absolute atomic E-state index is 11.9. The molecule has 1 aromatic rings. The first-order chi connectivity index (χ1) is 8.59. The number of hydrogen-bond acceptors (Lipinski definition) is 3. The lowest BCUT2D eigenvalue weighted by atomic mass is 9.77. The van der Waals surface area contributed by atoms with Crippen LogP contribution < -0.4 is 10.6 Å². The van der Waals surface area contributed by atoms with Crippen LogP contribution in [-0.4, -0.2) is 30.0 Å². The SMILES string of the molecule is CC1(C)CCCNC1CNC(=O)c1cccnc1. The van der Waals surface area contributed by atoms with Gasteiger partial charge in [-0.2, -0.15) is 0 Å². The third-order valence-electron chi connectivity index (χ3n) is 3.72. The van der Waals surface area contributed by atoms with Crippen LogP contribution in [0.4, 0.5) is 0 Å². The van der Waals surface area contributed by atoms with Crippen molar-refractivity contribution in [1.82, 2.24) is 15.6 Å². The van der Waals surface area contributed by atoms with Gasteiger partial charge in [0.1, 0.15) is 0 Å². The fourth-order valence-corrected chi connectivity index (χ4v) is 2.41. The standard InChI is InChI=1S/C14H21N3O/c1-14(2)6-4-8-16-12(14)10-17-13(18)11-5-3-7-15-9-11/h3,5,7,9,12,16H,4,6,8,10H2,1-2H3,(H,17,18). The molecule has 1 saturated heterocycles. The summed E-state index contributed by atoms with van der Waals surface area (Å²) in [4.78, 5) is 15.9.